The average molecular weight is 359 g/mol. The van der Waals surface area contributed by atoms with Crippen LogP contribution in [0.25, 0.3) is 11.8 Å². The van der Waals surface area contributed by atoms with Gasteiger partial charge in [0, 0.05) is 17.3 Å². The van der Waals surface area contributed by atoms with Crippen LogP contribution in [0.5, 0.6) is 0 Å². The summed E-state index contributed by atoms with van der Waals surface area (Å²) in [6.45, 7) is 5.06. The molecule has 0 spiro atoms. The summed E-state index contributed by atoms with van der Waals surface area (Å²) in [7, 11) is 0. The van der Waals surface area contributed by atoms with Gasteiger partial charge in [0.05, 0.1) is 24.4 Å². The van der Waals surface area contributed by atoms with Gasteiger partial charge in [0.25, 0.3) is 5.56 Å². The lowest BCUT2D eigenvalue weighted by molar-refractivity contribution is -0.121. The molecule has 1 aromatic heterocycles. The largest absolute Gasteiger partial charge is 0.378 e. The number of fused-ring (bicyclic) bond motifs is 1. The fraction of sp³-hybridized carbons (Fsp3) is 0.222. The molecule has 1 atom stereocenters. The van der Waals surface area contributed by atoms with E-state index in [0.717, 1.165) is 17.8 Å². The van der Waals surface area contributed by atoms with Crippen molar-refractivity contribution in [3.05, 3.63) is 68.7 Å². The number of hydrogen-bond donors (Lipinski definition) is 3. The Morgan fingerprint density at radius 2 is 2.12 bits per heavy atom. The first-order valence-electron chi connectivity index (χ1n) is 7.99. The van der Waals surface area contributed by atoms with E-state index >= 15 is 0 Å². The summed E-state index contributed by atoms with van der Waals surface area (Å²) in [6.07, 6.45) is 1.42. The molecular weight excluding hydrogens is 342 g/mol. The second kappa shape index (κ2) is 7.07. The number of hydrogen-bond acceptors (Lipinski definition) is 4. The number of nitrogens with one attached hydrogen (secondary N) is 3. The van der Waals surface area contributed by atoms with E-state index in [1.165, 1.54) is 6.07 Å². The molecule has 0 unspecified atom stereocenters. The number of rotatable bonds is 4. The molecule has 1 amide bonds. The van der Waals surface area contributed by atoms with E-state index in [0.29, 0.717) is 10.7 Å². The molecule has 3 rings (SSSR count). The van der Waals surface area contributed by atoms with Crippen LogP contribution in [-0.4, -0.2) is 15.9 Å². The predicted molar refractivity (Wildman–Crippen MR) is 91.7 cm³/mol. The lowest BCUT2D eigenvalue weighted by Gasteiger charge is -2.15. The SMILES string of the molecule is CC1=c2nc(CC(=O)N[C@@H](C)c3ccc(F)cc3F)c(=O)[nH]c2=C[CH]N1. The summed E-state index contributed by atoms with van der Waals surface area (Å²) in [5.74, 6) is -1.93. The van der Waals surface area contributed by atoms with Gasteiger partial charge in [0.15, 0.2) is 0 Å². The first kappa shape index (κ1) is 17.8. The van der Waals surface area contributed by atoms with E-state index in [4.69, 9.17) is 0 Å². The van der Waals surface area contributed by atoms with Crippen LogP contribution >= 0.6 is 0 Å². The molecule has 1 aromatic carbocycles. The zero-order chi connectivity index (χ0) is 18.8. The number of carbonyl (C=O) groups is 1. The Balaban J connectivity index is 1.80. The van der Waals surface area contributed by atoms with Crippen molar-refractivity contribution in [2.45, 2.75) is 26.3 Å². The van der Waals surface area contributed by atoms with Crippen molar-refractivity contribution in [3.63, 3.8) is 0 Å². The zero-order valence-electron chi connectivity index (χ0n) is 14.2. The highest BCUT2D eigenvalue weighted by molar-refractivity contribution is 5.78. The number of carbonyl (C=O) groups excluding carboxylic acids is 1. The molecule has 1 aliphatic rings. The van der Waals surface area contributed by atoms with Crippen LogP contribution in [0.1, 0.15) is 31.1 Å². The summed E-state index contributed by atoms with van der Waals surface area (Å²) in [5, 5.41) is 6.70. The number of aromatic nitrogens is 2. The number of aromatic amines is 1. The van der Waals surface area contributed by atoms with Gasteiger partial charge in [0.1, 0.15) is 22.7 Å². The summed E-state index contributed by atoms with van der Waals surface area (Å²) in [4.78, 5) is 31.3. The molecule has 1 radical (unpaired) electrons. The highest BCUT2D eigenvalue weighted by atomic mass is 19.1. The van der Waals surface area contributed by atoms with Crippen LogP contribution in [0.3, 0.4) is 0 Å². The molecular formula is C18H17F2N4O2. The third kappa shape index (κ3) is 3.63. The number of H-pyrrole nitrogens is 1. The smallest absolute Gasteiger partial charge is 0.270 e. The van der Waals surface area contributed by atoms with Crippen LogP contribution in [0.15, 0.2) is 23.0 Å². The standard InChI is InChI=1S/C18H17F2N4O2/c1-9(12-4-3-11(19)7-13(12)20)22-16(25)8-15-18(26)24-14-5-6-21-10(2)17(14)23-15/h3-7,9,21H,8H2,1-2H3,(H,22,25)(H,24,26)/t9-/m0/s1. The van der Waals surface area contributed by atoms with E-state index in [9.17, 15) is 18.4 Å². The van der Waals surface area contributed by atoms with Gasteiger partial charge >= 0.3 is 0 Å². The molecule has 135 valence electrons. The van der Waals surface area contributed by atoms with Crippen molar-refractivity contribution in [1.82, 2.24) is 20.6 Å². The lowest BCUT2D eigenvalue weighted by Crippen LogP contribution is -2.45. The normalized spacial score (nSPS) is 14.1. The lowest BCUT2D eigenvalue weighted by atomic mass is 10.1. The van der Waals surface area contributed by atoms with Crippen molar-refractivity contribution >= 4 is 17.7 Å². The van der Waals surface area contributed by atoms with Gasteiger partial charge in [0.2, 0.25) is 5.91 Å². The Labute approximate surface area is 147 Å². The maximum atomic E-state index is 13.8. The third-order valence-corrected chi connectivity index (χ3v) is 4.05. The minimum Gasteiger partial charge on any atom is -0.378 e. The Morgan fingerprint density at radius 1 is 1.35 bits per heavy atom. The highest BCUT2D eigenvalue weighted by Crippen LogP contribution is 2.17. The van der Waals surface area contributed by atoms with Gasteiger partial charge < -0.3 is 15.6 Å². The minimum atomic E-state index is -0.745. The zero-order valence-corrected chi connectivity index (χ0v) is 14.2. The fourth-order valence-electron chi connectivity index (χ4n) is 2.72. The van der Waals surface area contributed by atoms with Crippen molar-refractivity contribution in [2.75, 3.05) is 0 Å². The van der Waals surface area contributed by atoms with Crippen molar-refractivity contribution in [1.29, 1.82) is 0 Å². The molecule has 1 aliphatic heterocycles. The van der Waals surface area contributed by atoms with Gasteiger partial charge in [-0.05, 0) is 26.0 Å². The van der Waals surface area contributed by atoms with Gasteiger partial charge in [-0.1, -0.05) is 6.07 Å². The molecule has 6 nitrogen and oxygen atoms in total. The van der Waals surface area contributed by atoms with E-state index in [-0.39, 0.29) is 17.7 Å². The molecule has 3 N–H and O–H groups in total. The molecule has 2 aromatic rings. The number of amides is 1. The Morgan fingerprint density at radius 3 is 2.85 bits per heavy atom. The molecule has 8 heteroatoms. The Kier molecular flexibility index (Phi) is 4.83. The van der Waals surface area contributed by atoms with E-state index in [2.05, 4.69) is 20.6 Å². The van der Waals surface area contributed by atoms with Crippen molar-refractivity contribution in [3.8, 4) is 0 Å². The second-order valence-electron chi connectivity index (χ2n) is 6.01. The van der Waals surface area contributed by atoms with Gasteiger partial charge in [-0.2, -0.15) is 0 Å². The van der Waals surface area contributed by atoms with Gasteiger partial charge in [-0.25, -0.2) is 13.8 Å². The first-order valence-corrected chi connectivity index (χ1v) is 7.99. The van der Waals surface area contributed by atoms with Crippen LogP contribution in [0.2, 0.25) is 0 Å². The summed E-state index contributed by atoms with van der Waals surface area (Å²) >= 11 is 0. The molecule has 2 heterocycles. The third-order valence-electron chi connectivity index (χ3n) is 4.05. The monoisotopic (exact) mass is 359 g/mol. The van der Waals surface area contributed by atoms with Gasteiger partial charge in [-0.15, -0.1) is 0 Å². The molecule has 0 fully saturated rings. The van der Waals surface area contributed by atoms with Crippen LogP contribution in [-0.2, 0) is 11.2 Å². The quantitative estimate of drug-likeness (QED) is 0.725. The summed E-state index contributed by atoms with van der Waals surface area (Å²) in [5.41, 5.74) is 0.510. The van der Waals surface area contributed by atoms with Gasteiger partial charge in [-0.3, -0.25) is 9.59 Å². The fourth-order valence-corrected chi connectivity index (χ4v) is 2.72. The Bertz CT molecular complexity index is 1050. The van der Waals surface area contributed by atoms with E-state index < -0.39 is 29.1 Å². The molecule has 26 heavy (non-hydrogen) atoms. The average Bonchev–Trinajstić information content (AvgIpc) is 2.56. The Hall–Kier alpha value is -3.03. The van der Waals surface area contributed by atoms with Crippen LogP contribution in [0.4, 0.5) is 8.78 Å². The van der Waals surface area contributed by atoms with E-state index in [1.807, 2.05) is 0 Å². The maximum absolute atomic E-state index is 13.8. The van der Waals surface area contributed by atoms with Crippen molar-refractivity contribution in [2.24, 2.45) is 0 Å². The predicted octanol–water partition coefficient (Wildman–Crippen LogP) is 0.142. The molecule has 0 bridgehead atoms. The first-order chi connectivity index (χ1) is 12.3. The molecule has 0 aliphatic carbocycles. The maximum Gasteiger partial charge on any atom is 0.270 e. The minimum absolute atomic E-state index is 0.0597. The number of benzene rings is 1. The second-order valence-corrected chi connectivity index (χ2v) is 6.01. The molecule has 0 saturated carbocycles. The van der Waals surface area contributed by atoms with E-state index in [1.54, 1.807) is 26.5 Å². The summed E-state index contributed by atoms with van der Waals surface area (Å²) in [6, 6.07) is 2.47. The topological polar surface area (TPSA) is 86.9 Å². The van der Waals surface area contributed by atoms with Crippen molar-refractivity contribution < 1.29 is 13.6 Å². The van der Waals surface area contributed by atoms with Crippen LogP contribution in [0, 0.1) is 18.2 Å². The number of halogens is 2. The highest BCUT2D eigenvalue weighted by Gasteiger charge is 2.16. The molecule has 0 saturated heterocycles. The summed E-state index contributed by atoms with van der Waals surface area (Å²) < 4.78 is 26.8. The number of nitrogens with zero attached hydrogens (tertiary/aromatic N) is 1. The van der Waals surface area contributed by atoms with Crippen LogP contribution < -0.4 is 26.9 Å².